The Kier molecular flexibility index (Phi) is 8.19. The van der Waals surface area contributed by atoms with Gasteiger partial charge in [-0.15, -0.1) is 0 Å². The molecule has 0 heterocycles. The van der Waals surface area contributed by atoms with Gasteiger partial charge < -0.3 is 25.2 Å². The van der Waals surface area contributed by atoms with Crippen LogP contribution in [0.2, 0.25) is 0 Å². The van der Waals surface area contributed by atoms with Crippen molar-refractivity contribution in [3.63, 3.8) is 0 Å². The van der Waals surface area contributed by atoms with Gasteiger partial charge in [0.25, 0.3) is 0 Å². The Hall–Kier alpha value is -0.160. The molecule has 27 heavy (non-hydrogen) atoms. The number of ether oxygens (including phenoxy) is 1. The van der Waals surface area contributed by atoms with Crippen LogP contribution in [0.1, 0.15) is 23.6 Å². The van der Waals surface area contributed by atoms with Crippen LogP contribution in [0.25, 0.3) is 0 Å². The number of hydrogen-bond acceptors (Lipinski definition) is 5. The summed E-state index contributed by atoms with van der Waals surface area (Å²) in [5.74, 6) is -0.447. The molecule has 5 nitrogen and oxygen atoms in total. The molecule has 0 aliphatic rings. The highest BCUT2D eigenvalue weighted by Crippen LogP contribution is 2.47. The fraction of sp³-hybridized carbons (Fsp3) is 0.333. The van der Waals surface area contributed by atoms with Crippen molar-refractivity contribution in [2.75, 3.05) is 6.61 Å². The second kappa shape index (κ2) is 9.56. The van der Waals surface area contributed by atoms with Crippen molar-refractivity contribution in [1.82, 2.24) is 0 Å². The summed E-state index contributed by atoms with van der Waals surface area (Å²) >= 11 is 13.2. The second-order valence-corrected chi connectivity index (χ2v) is 9.46. The van der Waals surface area contributed by atoms with Crippen molar-refractivity contribution in [1.29, 1.82) is 0 Å². The van der Waals surface area contributed by atoms with E-state index in [1.54, 1.807) is 0 Å². The molecule has 2 aromatic rings. The molecule has 2 aromatic carbocycles. The summed E-state index contributed by atoms with van der Waals surface area (Å²) in [6.45, 7) is 1.34. The lowest BCUT2D eigenvalue weighted by atomic mass is 10.0. The molecule has 0 spiro atoms. The quantitative estimate of drug-likeness (QED) is 0.197. The molecule has 0 saturated heterocycles. The van der Waals surface area contributed by atoms with E-state index >= 15 is 0 Å². The van der Waals surface area contributed by atoms with Crippen LogP contribution < -0.4 is 0 Å². The van der Waals surface area contributed by atoms with Gasteiger partial charge in [-0.3, -0.25) is 0 Å². The van der Waals surface area contributed by atoms with E-state index in [0.717, 1.165) is 16.7 Å². The highest BCUT2D eigenvalue weighted by Gasteiger charge is 2.29. The lowest BCUT2D eigenvalue weighted by Gasteiger charge is -2.26. The molecular formula is C18H18Br4O5. The van der Waals surface area contributed by atoms with Gasteiger partial charge in [0.2, 0.25) is 0 Å². The van der Waals surface area contributed by atoms with Crippen LogP contribution in [0.15, 0.2) is 37.7 Å². The average Bonchev–Trinajstić information content (AvgIpc) is 2.67. The molecule has 148 valence electrons. The normalized spacial score (nSPS) is 14.8. The van der Waals surface area contributed by atoms with Crippen LogP contribution in [-0.4, -0.2) is 37.6 Å². The molecule has 0 amide bonds. The molecule has 2 unspecified atom stereocenters. The summed E-state index contributed by atoms with van der Waals surface area (Å²) in [6, 6.07) is 7.67. The van der Waals surface area contributed by atoms with Gasteiger partial charge in [0.05, 0.1) is 22.2 Å². The number of halogens is 4. The number of phenolic OH excluding ortho intramolecular Hbond substituents is 2. The Bertz CT molecular complexity index is 779. The predicted octanol–water partition coefficient (Wildman–Crippen LogP) is 4.96. The maximum Gasteiger partial charge on any atom is 0.174 e. The molecule has 0 aliphatic carbocycles. The summed E-state index contributed by atoms with van der Waals surface area (Å²) in [5.41, 5.74) is 1.33. The minimum atomic E-state index is -1.37. The van der Waals surface area contributed by atoms with E-state index in [2.05, 4.69) is 63.7 Å². The monoisotopic (exact) mass is 630 g/mol. The largest absolute Gasteiger partial charge is 0.503 e. The van der Waals surface area contributed by atoms with E-state index in [0.29, 0.717) is 19.8 Å². The summed E-state index contributed by atoms with van der Waals surface area (Å²) in [5, 5.41) is 38.2. The third-order valence-electron chi connectivity index (χ3n) is 3.97. The van der Waals surface area contributed by atoms with Crippen molar-refractivity contribution in [3.8, 4) is 11.5 Å². The summed E-state index contributed by atoms with van der Waals surface area (Å²) in [7, 11) is 0. The topological polar surface area (TPSA) is 90.2 Å². The van der Waals surface area contributed by atoms with E-state index in [1.165, 1.54) is 6.92 Å². The van der Waals surface area contributed by atoms with Crippen LogP contribution in [0, 0.1) is 0 Å². The SMILES string of the molecule is CC(O)(CO)C(Br)OCc1ccc(Cc2c(Br)c(O)c(O)c(Br)c2Br)cc1. The zero-order valence-electron chi connectivity index (χ0n) is 14.2. The Morgan fingerprint density at radius 3 is 2.04 bits per heavy atom. The lowest BCUT2D eigenvalue weighted by molar-refractivity contribution is -0.0838. The van der Waals surface area contributed by atoms with Gasteiger partial charge in [0, 0.05) is 4.47 Å². The number of benzene rings is 2. The first kappa shape index (κ1) is 23.1. The van der Waals surface area contributed by atoms with E-state index in [1.807, 2.05) is 24.3 Å². The predicted molar refractivity (Wildman–Crippen MR) is 117 cm³/mol. The minimum Gasteiger partial charge on any atom is -0.503 e. The fourth-order valence-electron chi connectivity index (χ4n) is 2.22. The van der Waals surface area contributed by atoms with Crippen LogP contribution in [-0.2, 0) is 17.8 Å². The van der Waals surface area contributed by atoms with E-state index in [-0.39, 0.29) is 18.1 Å². The Morgan fingerprint density at radius 1 is 0.963 bits per heavy atom. The summed E-state index contributed by atoms with van der Waals surface area (Å²) in [4.78, 5) is 0. The summed E-state index contributed by atoms with van der Waals surface area (Å²) in [6.07, 6.45) is 0.523. The first-order valence-electron chi connectivity index (χ1n) is 7.82. The maximum atomic E-state index is 10.0. The molecule has 0 radical (unpaired) electrons. The van der Waals surface area contributed by atoms with Crippen molar-refractivity contribution in [2.24, 2.45) is 0 Å². The molecule has 0 aliphatic heterocycles. The van der Waals surface area contributed by atoms with Gasteiger partial charge in [0.1, 0.15) is 10.6 Å². The van der Waals surface area contributed by atoms with Gasteiger partial charge in [0.15, 0.2) is 11.5 Å². The third kappa shape index (κ3) is 5.46. The smallest absolute Gasteiger partial charge is 0.174 e. The number of aromatic hydroxyl groups is 2. The van der Waals surface area contributed by atoms with Crippen LogP contribution in [0.3, 0.4) is 0 Å². The Labute approximate surface area is 190 Å². The molecular weight excluding hydrogens is 616 g/mol. The summed E-state index contributed by atoms with van der Waals surface area (Å²) < 4.78 is 7.03. The second-order valence-electron chi connectivity index (χ2n) is 6.25. The van der Waals surface area contributed by atoms with Crippen LogP contribution >= 0.6 is 63.7 Å². The number of aliphatic hydroxyl groups is 2. The standard InChI is InChI=1S/C18H18Br4O5/c1-18(26,8-23)17(22)27-7-10-4-2-9(3-5-10)6-11-12(19)14(21)16(25)15(24)13(11)20/h2-5,17,23-26H,6-8H2,1H3. The zero-order chi connectivity index (χ0) is 20.4. The molecule has 4 N–H and O–H groups in total. The molecule has 0 saturated carbocycles. The zero-order valence-corrected chi connectivity index (χ0v) is 20.6. The average molecular weight is 634 g/mol. The van der Waals surface area contributed by atoms with E-state index in [4.69, 9.17) is 9.84 Å². The van der Waals surface area contributed by atoms with Gasteiger partial charge in [-0.25, -0.2) is 0 Å². The van der Waals surface area contributed by atoms with E-state index in [9.17, 15) is 15.3 Å². The maximum absolute atomic E-state index is 10.0. The van der Waals surface area contributed by atoms with Gasteiger partial charge in [-0.2, -0.15) is 0 Å². The van der Waals surface area contributed by atoms with Crippen molar-refractivity contribution >= 4 is 63.7 Å². The number of rotatable bonds is 7. The number of hydrogen-bond donors (Lipinski definition) is 4. The van der Waals surface area contributed by atoms with Crippen molar-refractivity contribution in [2.45, 2.75) is 30.6 Å². The molecule has 0 aromatic heterocycles. The van der Waals surface area contributed by atoms with Crippen LogP contribution in [0.4, 0.5) is 0 Å². The minimum absolute atomic E-state index is 0.218. The Balaban J connectivity index is 2.11. The number of alkyl halides is 1. The van der Waals surface area contributed by atoms with Crippen molar-refractivity contribution in [3.05, 3.63) is 54.4 Å². The van der Waals surface area contributed by atoms with Gasteiger partial charge >= 0.3 is 0 Å². The van der Waals surface area contributed by atoms with E-state index < -0.39 is 17.2 Å². The molecule has 0 fully saturated rings. The van der Waals surface area contributed by atoms with Crippen LogP contribution in [0.5, 0.6) is 11.5 Å². The van der Waals surface area contributed by atoms with Crippen molar-refractivity contribution < 1.29 is 25.2 Å². The van der Waals surface area contributed by atoms with Gasteiger partial charge in [-0.1, -0.05) is 40.2 Å². The first-order chi connectivity index (χ1) is 12.6. The lowest BCUT2D eigenvalue weighted by Crippen LogP contribution is -2.40. The highest BCUT2D eigenvalue weighted by molar-refractivity contribution is 9.13. The number of phenols is 2. The number of aliphatic hydroxyl groups excluding tert-OH is 1. The fourth-order valence-corrected chi connectivity index (χ4v) is 4.24. The molecule has 9 heteroatoms. The first-order valence-corrected chi connectivity index (χ1v) is 11.1. The molecule has 2 atom stereocenters. The molecule has 0 bridgehead atoms. The molecule has 2 rings (SSSR count). The Morgan fingerprint density at radius 2 is 1.48 bits per heavy atom. The third-order valence-corrected chi connectivity index (χ3v) is 8.26. The highest BCUT2D eigenvalue weighted by atomic mass is 79.9. The van der Waals surface area contributed by atoms with Gasteiger partial charge in [-0.05, 0) is 77.8 Å².